The highest BCUT2D eigenvalue weighted by atomic mass is 31.2. The predicted octanol–water partition coefficient (Wildman–Crippen LogP) is -0.206. The van der Waals surface area contributed by atoms with Gasteiger partial charge in [-0.25, -0.2) is 0 Å². The molecule has 0 aliphatic heterocycles. The molecule has 1 aromatic carbocycles. The van der Waals surface area contributed by atoms with Crippen molar-refractivity contribution < 1.29 is 13.7 Å². The average Bonchev–Trinajstić information content (AvgIpc) is 2.06. The van der Waals surface area contributed by atoms with E-state index in [-0.39, 0.29) is 10.5 Å². The Morgan fingerprint density at radius 1 is 1.36 bits per heavy atom. The average molecular weight is 188 g/mol. The smallest absolute Gasteiger partial charge is 0.348 e. The van der Waals surface area contributed by atoms with Gasteiger partial charge in [-0.05, 0) is 12.1 Å². The quantitative estimate of drug-likeness (QED) is 0.516. The molecule has 0 aliphatic carbocycles. The Balaban J connectivity index is 3.03. The second-order valence-corrected chi connectivity index (χ2v) is 5.06. The number of hydrogen-bond donors (Lipinski definition) is 1. The van der Waals surface area contributed by atoms with Crippen LogP contribution in [0.4, 0.5) is 0 Å². The van der Waals surface area contributed by atoms with Crippen molar-refractivity contribution in [3.05, 3.63) is 30.3 Å². The van der Waals surface area contributed by atoms with Crippen molar-refractivity contribution in [1.82, 2.24) is 0 Å². The van der Waals surface area contributed by atoms with Crippen LogP contribution in [0.5, 0.6) is 0 Å². The first-order valence-corrected chi connectivity index (χ1v) is 5.50. The van der Waals surface area contributed by atoms with E-state index in [1.54, 1.807) is 30.3 Å². The maximum Gasteiger partial charge on any atom is 0.348 e. The maximum absolute atomic E-state index is 11.2. The highest BCUT2D eigenvalue weighted by Crippen LogP contribution is 2.38. The second kappa shape index (κ2) is 3.32. The Kier molecular flexibility index (Phi) is 2.62. The summed E-state index contributed by atoms with van der Waals surface area (Å²) >= 11 is 0. The summed E-state index contributed by atoms with van der Waals surface area (Å²) in [5.74, 6) is 0. The van der Waals surface area contributed by atoms with Crippen LogP contribution in [0.15, 0.2) is 30.3 Å². The molecule has 1 aromatic rings. The van der Waals surface area contributed by atoms with Crippen LogP contribution in [0.25, 0.3) is 0 Å². The summed E-state index contributed by atoms with van der Waals surface area (Å²) in [5.41, 5.74) is 0. The number of hydrogen-bond acceptors (Lipinski definition) is 2. The van der Waals surface area contributed by atoms with Gasteiger partial charge in [0.05, 0.1) is 5.30 Å². The maximum atomic E-state index is 11.2. The van der Waals surface area contributed by atoms with Gasteiger partial charge in [0, 0.05) is 0 Å². The van der Waals surface area contributed by atoms with E-state index in [1.807, 2.05) is 0 Å². The lowest BCUT2D eigenvalue weighted by Crippen LogP contribution is -2.04. The first kappa shape index (κ1) is 8.68. The molecular formula is C6H9O3PSi. The summed E-state index contributed by atoms with van der Waals surface area (Å²) in [5, 5.41) is 0.356. The molecule has 1 unspecified atom stereocenters. The van der Waals surface area contributed by atoms with Crippen LogP contribution >= 0.6 is 7.60 Å². The first-order valence-electron chi connectivity index (χ1n) is 3.11. The lowest BCUT2D eigenvalue weighted by molar-refractivity contribution is 0.407. The van der Waals surface area contributed by atoms with E-state index in [0.717, 1.165) is 0 Å². The van der Waals surface area contributed by atoms with E-state index in [9.17, 15) is 4.57 Å². The zero-order valence-corrected chi connectivity index (χ0v) is 8.99. The van der Waals surface area contributed by atoms with E-state index in [2.05, 4.69) is 4.21 Å². The minimum absolute atomic E-state index is 0.269. The molecule has 3 nitrogen and oxygen atoms in total. The Labute approximate surface area is 68.1 Å². The Morgan fingerprint density at radius 3 is 2.36 bits per heavy atom. The van der Waals surface area contributed by atoms with Crippen LogP contribution in [-0.4, -0.2) is 15.4 Å². The van der Waals surface area contributed by atoms with Crippen LogP contribution in [0.3, 0.4) is 0 Å². The lowest BCUT2D eigenvalue weighted by atomic mass is 10.4. The summed E-state index contributed by atoms with van der Waals surface area (Å²) < 4.78 is 15.7. The van der Waals surface area contributed by atoms with Gasteiger partial charge in [-0.15, -0.1) is 0 Å². The lowest BCUT2D eigenvalue weighted by Gasteiger charge is -2.07. The van der Waals surface area contributed by atoms with E-state index in [0.29, 0.717) is 5.30 Å². The van der Waals surface area contributed by atoms with E-state index in [1.165, 1.54) is 0 Å². The summed E-state index contributed by atoms with van der Waals surface area (Å²) in [4.78, 5) is 9.16. The standard InChI is InChI=1S/C6H9O3PSi/c7-10(8,9-11)6-4-2-1-3-5-6/h1-5H,11H3,(H,7,8). The zero-order chi connectivity index (χ0) is 8.32. The monoisotopic (exact) mass is 188 g/mol. The molecule has 0 saturated carbocycles. The zero-order valence-electron chi connectivity index (χ0n) is 6.10. The topological polar surface area (TPSA) is 46.5 Å². The van der Waals surface area contributed by atoms with Gasteiger partial charge in [0.15, 0.2) is 10.5 Å². The molecule has 0 saturated heterocycles. The molecule has 0 aliphatic rings. The Morgan fingerprint density at radius 2 is 1.91 bits per heavy atom. The molecule has 0 radical (unpaired) electrons. The normalized spacial score (nSPS) is 16.1. The molecule has 0 aromatic heterocycles. The molecular weight excluding hydrogens is 179 g/mol. The van der Waals surface area contributed by atoms with Crippen LogP contribution < -0.4 is 5.30 Å². The van der Waals surface area contributed by atoms with E-state index in [4.69, 9.17) is 4.89 Å². The third-order valence-electron chi connectivity index (χ3n) is 1.33. The van der Waals surface area contributed by atoms with Crippen molar-refractivity contribution in [1.29, 1.82) is 0 Å². The Bertz CT molecular complexity index is 274. The molecule has 11 heavy (non-hydrogen) atoms. The van der Waals surface area contributed by atoms with Crippen molar-refractivity contribution in [2.24, 2.45) is 0 Å². The van der Waals surface area contributed by atoms with Crippen molar-refractivity contribution in [3.63, 3.8) is 0 Å². The minimum Gasteiger partial charge on any atom is -0.359 e. The summed E-state index contributed by atoms with van der Waals surface area (Å²) in [6.07, 6.45) is 0. The van der Waals surface area contributed by atoms with Crippen molar-refractivity contribution in [2.45, 2.75) is 0 Å². The largest absolute Gasteiger partial charge is 0.359 e. The minimum atomic E-state index is -3.46. The molecule has 60 valence electrons. The Hall–Kier alpha value is -0.413. The van der Waals surface area contributed by atoms with Crippen LogP contribution in [0, 0.1) is 0 Å². The molecule has 1 atom stereocenters. The highest BCUT2D eigenvalue weighted by Gasteiger charge is 2.18. The molecule has 0 fully saturated rings. The molecule has 0 spiro atoms. The van der Waals surface area contributed by atoms with Crippen LogP contribution in [-0.2, 0) is 8.78 Å². The SMILES string of the molecule is O=P(O)(O[SiH3])c1ccccc1. The predicted molar refractivity (Wildman–Crippen MR) is 46.9 cm³/mol. The van der Waals surface area contributed by atoms with Gasteiger partial charge in [-0.1, -0.05) is 18.2 Å². The molecule has 1 rings (SSSR count). The molecule has 0 amide bonds. The van der Waals surface area contributed by atoms with Gasteiger partial charge in [0.25, 0.3) is 0 Å². The molecule has 0 heterocycles. The summed E-state index contributed by atoms with van der Waals surface area (Å²) in [7, 11) is -3.19. The number of benzene rings is 1. The first-order chi connectivity index (χ1) is 5.17. The summed E-state index contributed by atoms with van der Waals surface area (Å²) in [6.45, 7) is 0. The van der Waals surface area contributed by atoms with Gasteiger partial charge in [0.1, 0.15) is 0 Å². The van der Waals surface area contributed by atoms with Crippen molar-refractivity contribution in [3.8, 4) is 0 Å². The fourth-order valence-corrected chi connectivity index (χ4v) is 2.11. The van der Waals surface area contributed by atoms with Crippen molar-refractivity contribution in [2.75, 3.05) is 0 Å². The van der Waals surface area contributed by atoms with Gasteiger partial charge < -0.3 is 9.11 Å². The molecule has 0 bridgehead atoms. The molecule has 1 N–H and O–H groups in total. The van der Waals surface area contributed by atoms with Crippen molar-refractivity contribution >= 4 is 23.4 Å². The van der Waals surface area contributed by atoms with Gasteiger partial charge >= 0.3 is 7.60 Å². The second-order valence-electron chi connectivity index (χ2n) is 2.04. The van der Waals surface area contributed by atoms with Crippen LogP contribution in [0.1, 0.15) is 0 Å². The third-order valence-corrected chi connectivity index (χ3v) is 4.26. The van der Waals surface area contributed by atoms with Gasteiger partial charge in [0.2, 0.25) is 0 Å². The van der Waals surface area contributed by atoms with Gasteiger partial charge in [-0.2, -0.15) is 0 Å². The fourth-order valence-electron chi connectivity index (χ4n) is 0.722. The van der Waals surface area contributed by atoms with E-state index >= 15 is 0 Å². The third kappa shape index (κ3) is 2.01. The fraction of sp³-hybridized carbons (Fsp3) is 0. The number of rotatable bonds is 2. The molecule has 5 heteroatoms. The van der Waals surface area contributed by atoms with E-state index < -0.39 is 7.60 Å². The highest BCUT2D eigenvalue weighted by molar-refractivity contribution is 7.62. The van der Waals surface area contributed by atoms with Gasteiger partial charge in [-0.3, -0.25) is 4.57 Å². The summed E-state index contributed by atoms with van der Waals surface area (Å²) in [6, 6.07) is 8.37. The van der Waals surface area contributed by atoms with Crippen LogP contribution in [0.2, 0.25) is 0 Å².